The van der Waals surface area contributed by atoms with Gasteiger partial charge >= 0.3 is 6.18 Å². The highest BCUT2D eigenvalue weighted by atomic mass is 19.4. The zero-order valence-corrected chi connectivity index (χ0v) is 18.8. The van der Waals surface area contributed by atoms with Crippen LogP contribution in [-0.2, 0) is 17.5 Å². The van der Waals surface area contributed by atoms with E-state index in [9.17, 15) is 18.0 Å². The highest BCUT2D eigenvalue weighted by molar-refractivity contribution is 5.79. The lowest BCUT2D eigenvalue weighted by Crippen LogP contribution is -2.24. The topological polar surface area (TPSA) is 77.7 Å². The van der Waals surface area contributed by atoms with Crippen LogP contribution in [0.1, 0.15) is 43.2 Å². The summed E-state index contributed by atoms with van der Waals surface area (Å²) in [5, 5.41) is 3.83. The van der Waals surface area contributed by atoms with Gasteiger partial charge in [-0.25, -0.2) is 0 Å². The highest BCUT2D eigenvalue weighted by Crippen LogP contribution is 2.34. The van der Waals surface area contributed by atoms with E-state index in [1.165, 1.54) is 12.1 Å². The van der Waals surface area contributed by atoms with Gasteiger partial charge in [0.05, 0.1) is 24.7 Å². The molecule has 7 nitrogen and oxygen atoms in total. The number of halogens is 3. The van der Waals surface area contributed by atoms with Crippen LogP contribution in [0.3, 0.4) is 0 Å². The molecule has 0 bridgehead atoms. The molecule has 34 heavy (non-hydrogen) atoms. The third-order valence-electron chi connectivity index (χ3n) is 5.43. The molecule has 1 aromatic heterocycles. The van der Waals surface area contributed by atoms with Crippen LogP contribution in [0.5, 0.6) is 11.5 Å². The van der Waals surface area contributed by atoms with Gasteiger partial charge in [-0.3, -0.25) is 4.79 Å². The van der Waals surface area contributed by atoms with Crippen molar-refractivity contribution in [3.8, 4) is 22.9 Å². The molecular formula is C24H24F3N3O4. The van der Waals surface area contributed by atoms with Crippen molar-refractivity contribution in [1.82, 2.24) is 15.0 Å². The molecule has 180 valence electrons. The number of aromatic nitrogens is 2. The van der Waals surface area contributed by atoms with Crippen LogP contribution >= 0.6 is 0 Å². The van der Waals surface area contributed by atoms with Gasteiger partial charge in [0.2, 0.25) is 17.6 Å². The maximum Gasteiger partial charge on any atom is 0.416 e. The zero-order valence-electron chi connectivity index (χ0n) is 18.8. The molecule has 1 unspecified atom stereocenters. The predicted molar refractivity (Wildman–Crippen MR) is 116 cm³/mol. The molecule has 4 rings (SSSR count). The summed E-state index contributed by atoms with van der Waals surface area (Å²) in [6, 6.07) is 10.3. The molecule has 1 amide bonds. The van der Waals surface area contributed by atoms with Crippen LogP contribution < -0.4 is 9.47 Å². The summed E-state index contributed by atoms with van der Waals surface area (Å²) >= 11 is 0. The van der Waals surface area contributed by atoms with E-state index in [1.807, 2.05) is 32.0 Å². The van der Waals surface area contributed by atoms with Crippen LogP contribution in [0.2, 0.25) is 0 Å². The Morgan fingerprint density at radius 3 is 2.59 bits per heavy atom. The lowest BCUT2D eigenvalue weighted by molar-refractivity contribution is -0.137. The van der Waals surface area contributed by atoms with Crippen molar-refractivity contribution in [2.75, 3.05) is 19.8 Å². The highest BCUT2D eigenvalue weighted by Gasteiger charge is 2.35. The van der Waals surface area contributed by atoms with Crippen LogP contribution in [0, 0.1) is 0 Å². The quantitative estimate of drug-likeness (QED) is 0.453. The number of amides is 1. The number of hydrogen-bond donors (Lipinski definition) is 0. The molecule has 0 aliphatic carbocycles. The number of likely N-dealkylation sites (tertiary alicyclic amines) is 1. The Kier molecular flexibility index (Phi) is 6.76. The molecule has 1 saturated heterocycles. The lowest BCUT2D eigenvalue weighted by atomic mass is 10.1. The number of hydrogen-bond acceptors (Lipinski definition) is 6. The number of nitrogens with zero attached hydrogens (tertiary/aromatic N) is 3. The Labute approximate surface area is 194 Å². The van der Waals surface area contributed by atoms with Gasteiger partial charge in [-0.1, -0.05) is 23.4 Å². The van der Waals surface area contributed by atoms with Crippen molar-refractivity contribution >= 4 is 5.91 Å². The SMILES string of the molecule is CCOc1ccc(CN2CC(c3nc(-c4cccc(C(F)(F)F)c4)no3)CC2=O)cc1OCC. The second-order valence-electron chi connectivity index (χ2n) is 7.86. The molecule has 0 spiro atoms. The summed E-state index contributed by atoms with van der Waals surface area (Å²) in [6.07, 6.45) is -4.29. The Hall–Kier alpha value is -3.56. The minimum atomic E-state index is -4.47. The van der Waals surface area contributed by atoms with Gasteiger partial charge in [-0.15, -0.1) is 0 Å². The molecule has 1 fully saturated rings. The van der Waals surface area contributed by atoms with Gasteiger partial charge in [0.25, 0.3) is 0 Å². The molecule has 1 atom stereocenters. The van der Waals surface area contributed by atoms with E-state index < -0.39 is 11.7 Å². The molecule has 10 heteroatoms. The van der Waals surface area contributed by atoms with E-state index in [4.69, 9.17) is 14.0 Å². The maximum absolute atomic E-state index is 13.0. The second kappa shape index (κ2) is 9.74. The summed E-state index contributed by atoms with van der Waals surface area (Å²) < 4.78 is 55.6. The molecule has 3 aromatic rings. The molecule has 1 aliphatic rings. The molecule has 0 radical (unpaired) electrons. The maximum atomic E-state index is 13.0. The lowest BCUT2D eigenvalue weighted by Gasteiger charge is -2.18. The van der Waals surface area contributed by atoms with Crippen molar-refractivity contribution in [2.24, 2.45) is 0 Å². The van der Waals surface area contributed by atoms with Gasteiger partial charge in [-0.2, -0.15) is 18.2 Å². The Morgan fingerprint density at radius 2 is 1.85 bits per heavy atom. The smallest absolute Gasteiger partial charge is 0.416 e. The largest absolute Gasteiger partial charge is 0.490 e. The fourth-order valence-electron chi connectivity index (χ4n) is 3.86. The van der Waals surface area contributed by atoms with E-state index >= 15 is 0 Å². The number of carbonyl (C=O) groups is 1. The van der Waals surface area contributed by atoms with E-state index in [1.54, 1.807) is 4.90 Å². The first-order chi connectivity index (χ1) is 16.3. The monoisotopic (exact) mass is 475 g/mol. The first-order valence-corrected chi connectivity index (χ1v) is 11.0. The average Bonchev–Trinajstić information content (AvgIpc) is 3.43. The Bertz CT molecular complexity index is 1160. The summed E-state index contributed by atoms with van der Waals surface area (Å²) in [5.41, 5.74) is 0.292. The van der Waals surface area contributed by atoms with E-state index in [2.05, 4.69) is 10.1 Å². The molecule has 2 aromatic carbocycles. The Balaban J connectivity index is 1.47. The van der Waals surface area contributed by atoms with Crippen molar-refractivity contribution in [1.29, 1.82) is 0 Å². The van der Waals surface area contributed by atoms with Crippen LogP contribution in [0.15, 0.2) is 47.0 Å². The van der Waals surface area contributed by atoms with Crippen molar-refractivity contribution in [3.05, 3.63) is 59.5 Å². The van der Waals surface area contributed by atoms with Gasteiger partial charge in [-0.05, 0) is 43.7 Å². The van der Waals surface area contributed by atoms with E-state index in [0.717, 1.165) is 17.7 Å². The molecule has 0 N–H and O–H groups in total. The van der Waals surface area contributed by atoms with Crippen LogP contribution in [0.25, 0.3) is 11.4 Å². The fraction of sp³-hybridized carbons (Fsp3) is 0.375. The fourth-order valence-corrected chi connectivity index (χ4v) is 3.86. The summed E-state index contributed by atoms with van der Waals surface area (Å²) in [7, 11) is 0. The third-order valence-corrected chi connectivity index (χ3v) is 5.43. The molecule has 1 aliphatic heterocycles. The molecule has 2 heterocycles. The normalized spacial score (nSPS) is 16.2. The minimum absolute atomic E-state index is 0.0554. The summed E-state index contributed by atoms with van der Waals surface area (Å²) in [6.45, 7) is 5.51. The average molecular weight is 475 g/mol. The number of alkyl halides is 3. The van der Waals surface area contributed by atoms with Crippen molar-refractivity contribution < 1.29 is 32.0 Å². The first kappa shape index (κ1) is 23.6. The third kappa shape index (κ3) is 5.16. The summed E-state index contributed by atoms with van der Waals surface area (Å²) in [4.78, 5) is 18.6. The van der Waals surface area contributed by atoms with Gasteiger partial charge < -0.3 is 18.9 Å². The molecular weight excluding hydrogens is 451 g/mol. The van der Waals surface area contributed by atoms with Gasteiger partial charge in [0.1, 0.15) is 0 Å². The Morgan fingerprint density at radius 1 is 1.09 bits per heavy atom. The number of carbonyl (C=O) groups excluding carboxylic acids is 1. The van der Waals surface area contributed by atoms with Crippen molar-refractivity contribution in [2.45, 2.75) is 38.9 Å². The zero-order chi connectivity index (χ0) is 24.3. The number of ether oxygens (including phenoxy) is 2. The second-order valence-corrected chi connectivity index (χ2v) is 7.86. The first-order valence-electron chi connectivity index (χ1n) is 11.0. The standard InChI is InChI=1S/C24H24F3N3O4/c1-3-32-19-9-8-15(10-20(19)33-4-2)13-30-14-17(12-21(30)31)23-28-22(29-34-23)16-6-5-7-18(11-16)24(25,26)27/h5-11,17H,3-4,12-14H2,1-2H3. The minimum Gasteiger partial charge on any atom is -0.490 e. The number of rotatable bonds is 8. The van der Waals surface area contributed by atoms with E-state index in [0.29, 0.717) is 37.8 Å². The van der Waals surface area contributed by atoms with Gasteiger partial charge in [0, 0.05) is 25.1 Å². The van der Waals surface area contributed by atoms with Crippen molar-refractivity contribution in [3.63, 3.8) is 0 Å². The van der Waals surface area contributed by atoms with Gasteiger partial charge in [0.15, 0.2) is 11.5 Å². The van der Waals surface area contributed by atoms with E-state index in [-0.39, 0.29) is 35.5 Å². The van der Waals surface area contributed by atoms with Crippen LogP contribution in [-0.4, -0.2) is 40.7 Å². The van der Waals surface area contributed by atoms with Crippen LogP contribution in [0.4, 0.5) is 13.2 Å². The summed E-state index contributed by atoms with van der Waals surface area (Å²) in [5.74, 6) is 1.13. The number of benzene rings is 2. The molecule has 0 saturated carbocycles. The predicted octanol–water partition coefficient (Wildman–Crippen LogP) is 5.07.